The Kier molecular flexibility index (Phi) is 6.27. The van der Waals surface area contributed by atoms with Crippen LogP contribution >= 0.6 is 0 Å². The van der Waals surface area contributed by atoms with E-state index in [0.29, 0.717) is 25.1 Å². The molecule has 1 amide bonds. The van der Waals surface area contributed by atoms with Gasteiger partial charge in [0, 0.05) is 26.1 Å². The molecule has 24 heavy (non-hydrogen) atoms. The first-order chi connectivity index (χ1) is 11.3. The van der Waals surface area contributed by atoms with E-state index in [2.05, 4.69) is 0 Å². The van der Waals surface area contributed by atoms with E-state index >= 15 is 0 Å². The van der Waals surface area contributed by atoms with Crippen LogP contribution in [0.3, 0.4) is 0 Å². The van der Waals surface area contributed by atoms with Crippen molar-refractivity contribution in [1.29, 1.82) is 0 Å². The van der Waals surface area contributed by atoms with Crippen molar-refractivity contribution < 1.29 is 13.2 Å². The number of nitrogens with zero attached hydrogens (tertiary/aromatic N) is 2. The predicted molar refractivity (Wildman–Crippen MR) is 97.8 cm³/mol. The number of rotatable bonds is 6. The molecule has 2 rings (SSSR count). The highest BCUT2D eigenvalue weighted by atomic mass is 32.2. The van der Waals surface area contributed by atoms with Gasteiger partial charge in [-0.25, -0.2) is 8.42 Å². The topological polar surface area (TPSA) is 57.7 Å². The minimum Gasteiger partial charge on any atom is -0.343 e. The Morgan fingerprint density at radius 3 is 2.46 bits per heavy atom. The van der Waals surface area contributed by atoms with Crippen LogP contribution in [0.1, 0.15) is 43.2 Å². The molecule has 1 aliphatic rings. The number of benzene rings is 1. The number of anilines is 1. The number of sulfonamides is 1. The summed E-state index contributed by atoms with van der Waals surface area (Å²) in [4.78, 5) is 14.2. The van der Waals surface area contributed by atoms with Crippen molar-refractivity contribution in [1.82, 2.24) is 4.90 Å². The normalized spacial score (nSPS) is 15.4. The number of hydrogen-bond donors (Lipinski definition) is 0. The zero-order valence-electron chi connectivity index (χ0n) is 14.9. The Bertz CT molecular complexity index is 680. The molecule has 1 aromatic rings. The lowest BCUT2D eigenvalue weighted by Gasteiger charge is -2.28. The van der Waals surface area contributed by atoms with E-state index in [1.54, 1.807) is 0 Å². The van der Waals surface area contributed by atoms with Crippen molar-refractivity contribution in [3.63, 3.8) is 0 Å². The van der Waals surface area contributed by atoms with E-state index < -0.39 is 10.0 Å². The first kappa shape index (κ1) is 18.8. The highest BCUT2D eigenvalue weighted by Crippen LogP contribution is 2.25. The van der Waals surface area contributed by atoms with E-state index in [0.717, 1.165) is 37.1 Å². The lowest BCUT2D eigenvalue weighted by atomic mass is 10.1. The van der Waals surface area contributed by atoms with Gasteiger partial charge in [-0.15, -0.1) is 0 Å². The molecule has 1 aromatic carbocycles. The van der Waals surface area contributed by atoms with Crippen molar-refractivity contribution in [3.05, 3.63) is 29.3 Å². The van der Waals surface area contributed by atoms with Crippen LogP contribution < -0.4 is 4.31 Å². The molecule has 5 nitrogen and oxygen atoms in total. The molecule has 0 radical (unpaired) electrons. The number of likely N-dealkylation sites (tertiary alicyclic amines) is 1. The molecule has 0 aliphatic carbocycles. The molecule has 6 heteroatoms. The first-order valence-electron chi connectivity index (χ1n) is 8.62. The molecule has 1 fully saturated rings. The van der Waals surface area contributed by atoms with Gasteiger partial charge in [0.1, 0.15) is 0 Å². The quantitative estimate of drug-likeness (QED) is 0.791. The number of carbonyl (C=O) groups excluding carboxylic acids is 1. The van der Waals surface area contributed by atoms with E-state index in [4.69, 9.17) is 0 Å². The van der Waals surface area contributed by atoms with Gasteiger partial charge in [-0.3, -0.25) is 9.10 Å². The fraction of sp³-hybridized carbons (Fsp3) is 0.611. The van der Waals surface area contributed by atoms with Gasteiger partial charge in [-0.1, -0.05) is 12.1 Å². The van der Waals surface area contributed by atoms with Crippen molar-refractivity contribution in [2.24, 2.45) is 0 Å². The SMILES string of the molecule is Cc1cccc(N(CCCC(=O)N2CCCCC2)S(C)(=O)=O)c1C. The molecule has 0 atom stereocenters. The monoisotopic (exact) mass is 352 g/mol. The minimum atomic E-state index is -3.37. The van der Waals surface area contributed by atoms with Gasteiger partial charge in [-0.2, -0.15) is 0 Å². The van der Waals surface area contributed by atoms with Gasteiger partial charge >= 0.3 is 0 Å². The van der Waals surface area contributed by atoms with Crippen LogP contribution in [0.2, 0.25) is 0 Å². The number of carbonyl (C=O) groups is 1. The number of piperidine rings is 1. The van der Waals surface area contributed by atoms with Gasteiger partial charge in [0.25, 0.3) is 0 Å². The zero-order chi connectivity index (χ0) is 17.7. The minimum absolute atomic E-state index is 0.143. The third kappa shape index (κ3) is 4.72. The second kappa shape index (κ2) is 8.01. The lowest BCUT2D eigenvalue weighted by Crippen LogP contribution is -2.36. The molecular weight excluding hydrogens is 324 g/mol. The van der Waals surface area contributed by atoms with Gasteiger partial charge in [0.2, 0.25) is 15.9 Å². The van der Waals surface area contributed by atoms with E-state index in [1.807, 2.05) is 36.9 Å². The van der Waals surface area contributed by atoms with E-state index in [-0.39, 0.29) is 5.91 Å². The smallest absolute Gasteiger partial charge is 0.232 e. The van der Waals surface area contributed by atoms with Crippen LogP contribution in [-0.2, 0) is 14.8 Å². The highest BCUT2D eigenvalue weighted by molar-refractivity contribution is 7.92. The Morgan fingerprint density at radius 2 is 1.83 bits per heavy atom. The largest absolute Gasteiger partial charge is 0.343 e. The second-order valence-electron chi connectivity index (χ2n) is 6.60. The van der Waals surface area contributed by atoms with Gasteiger partial charge in [0.15, 0.2) is 0 Å². The fourth-order valence-corrected chi connectivity index (χ4v) is 4.16. The van der Waals surface area contributed by atoms with Gasteiger partial charge in [-0.05, 0) is 56.7 Å². The molecular formula is C18H28N2O3S. The van der Waals surface area contributed by atoms with Crippen molar-refractivity contribution in [2.75, 3.05) is 30.2 Å². The molecule has 0 N–H and O–H groups in total. The van der Waals surface area contributed by atoms with Gasteiger partial charge < -0.3 is 4.90 Å². The van der Waals surface area contributed by atoms with Crippen LogP contribution in [0.4, 0.5) is 5.69 Å². The number of hydrogen-bond acceptors (Lipinski definition) is 3. The maximum absolute atomic E-state index is 12.2. The highest BCUT2D eigenvalue weighted by Gasteiger charge is 2.21. The summed E-state index contributed by atoms with van der Waals surface area (Å²) in [5.74, 6) is 0.143. The summed E-state index contributed by atoms with van der Waals surface area (Å²) in [6, 6.07) is 5.67. The second-order valence-corrected chi connectivity index (χ2v) is 8.51. The predicted octanol–water partition coefficient (Wildman–Crippen LogP) is 2.86. The molecule has 0 unspecified atom stereocenters. The standard InChI is InChI=1S/C18H28N2O3S/c1-15-9-7-10-17(16(15)2)20(24(3,22)23)14-8-11-18(21)19-12-5-4-6-13-19/h7,9-10H,4-6,8,11-14H2,1-3H3. The molecule has 1 saturated heterocycles. The molecule has 1 heterocycles. The van der Waals surface area contributed by atoms with E-state index in [9.17, 15) is 13.2 Å². The van der Waals surface area contributed by atoms with E-state index in [1.165, 1.54) is 17.0 Å². The maximum atomic E-state index is 12.2. The van der Waals surface area contributed by atoms with Crippen LogP contribution in [0.15, 0.2) is 18.2 Å². The van der Waals surface area contributed by atoms with Crippen LogP contribution in [0.5, 0.6) is 0 Å². The Labute approximate surface area is 145 Å². The molecule has 1 aliphatic heterocycles. The summed E-state index contributed by atoms with van der Waals surface area (Å²) in [5.41, 5.74) is 2.73. The summed E-state index contributed by atoms with van der Waals surface area (Å²) < 4.78 is 25.8. The Hall–Kier alpha value is -1.56. The first-order valence-corrected chi connectivity index (χ1v) is 10.5. The third-order valence-electron chi connectivity index (χ3n) is 4.71. The molecule has 0 bridgehead atoms. The number of aryl methyl sites for hydroxylation is 1. The molecule has 0 saturated carbocycles. The third-order valence-corrected chi connectivity index (χ3v) is 5.89. The Morgan fingerprint density at radius 1 is 1.17 bits per heavy atom. The molecule has 0 spiro atoms. The summed E-state index contributed by atoms with van der Waals surface area (Å²) in [5, 5.41) is 0. The summed E-state index contributed by atoms with van der Waals surface area (Å²) in [6.07, 6.45) is 5.50. The van der Waals surface area contributed by atoms with Gasteiger partial charge in [0.05, 0.1) is 11.9 Å². The maximum Gasteiger partial charge on any atom is 0.232 e. The average molecular weight is 353 g/mol. The lowest BCUT2D eigenvalue weighted by molar-refractivity contribution is -0.132. The van der Waals surface area contributed by atoms with Crippen LogP contribution in [0.25, 0.3) is 0 Å². The zero-order valence-corrected chi connectivity index (χ0v) is 15.7. The average Bonchev–Trinajstić information content (AvgIpc) is 2.54. The van der Waals surface area contributed by atoms with Crippen LogP contribution in [-0.4, -0.2) is 45.1 Å². The summed E-state index contributed by atoms with van der Waals surface area (Å²) in [7, 11) is -3.37. The summed E-state index contributed by atoms with van der Waals surface area (Å²) in [6.45, 7) is 5.92. The molecule has 0 aromatic heterocycles. The van der Waals surface area contributed by atoms with Crippen molar-refractivity contribution in [3.8, 4) is 0 Å². The van der Waals surface area contributed by atoms with Crippen LogP contribution in [0, 0.1) is 13.8 Å². The Balaban J connectivity index is 2.02. The van der Waals surface area contributed by atoms with Crippen molar-refractivity contribution in [2.45, 2.75) is 46.0 Å². The van der Waals surface area contributed by atoms with Crippen molar-refractivity contribution >= 4 is 21.6 Å². The summed E-state index contributed by atoms with van der Waals surface area (Å²) >= 11 is 0. The number of amides is 1. The molecule has 134 valence electrons. The fourth-order valence-electron chi connectivity index (χ4n) is 3.15.